The summed E-state index contributed by atoms with van der Waals surface area (Å²) in [5.74, 6) is -0.0894. The van der Waals surface area contributed by atoms with Gasteiger partial charge in [-0.3, -0.25) is 4.79 Å². The number of nitrogens with zero attached hydrogens (tertiary/aromatic N) is 2. The number of carbonyl (C=O) groups excluding carboxylic acids is 1. The quantitative estimate of drug-likeness (QED) is 0.671. The molecular weight excluding hydrogens is 192 g/mol. The first kappa shape index (κ1) is 9.86. The van der Waals surface area contributed by atoms with Crippen LogP contribution in [0.25, 0.3) is 0 Å². The molecule has 0 aliphatic carbocycles. The Hall–Kier alpha value is -1.68. The van der Waals surface area contributed by atoms with Gasteiger partial charge in [-0.25, -0.2) is 5.01 Å². The lowest BCUT2D eigenvalue weighted by Gasteiger charge is -2.21. The zero-order valence-electron chi connectivity index (χ0n) is 8.30. The molecule has 1 fully saturated rings. The van der Waals surface area contributed by atoms with Crippen LogP contribution < -0.4 is 0 Å². The second-order valence-corrected chi connectivity index (χ2v) is 3.22. The Morgan fingerprint density at radius 1 is 1.33 bits per heavy atom. The lowest BCUT2D eigenvalue weighted by molar-refractivity contribution is -0.142. The van der Waals surface area contributed by atoms with E-state index in [0.717, 1.165) is 5.56 Å². The lowest BCUT2D eigenvalue weighted by Crippen LogP contribution is -2.37. The van der Waals surface area contributed by atoms with Gasteiger partial charge in [0.1, 0.15) is 6.61 Å². The Bertz CT molecular complexity index is 362. The van der Waals surface area contributed by atoms with Gasteiger partial charge in [0.25, 0.3) is 5.91 Å². The molecule has 0 saturated carbocycles. The fourth-order valence-electron chi connectivity index (χ4n) is 1.31. The third kappa shape index (κ3) is 2.63. The summed E-state index contributed by atoms with van der Waals surface area (Å²) in [5, 5.41) is 5.55. The van der Waals surface area contributed by atoms with Crippen LogP contribution in [0.4, 0.5) is 0 Å². The summed E-state index contributed by atoms with van der Waals surface area (Å²) in [7, 11) is 0. The van der Waals surface area contributed by atoms with E-state index in [-0.39, 0.29) is 12.5 Å². The van der Waals surface area contributed by atoms with Crippen LogP contribution in [0.3, 0.4) is 0 Å². The minimum absolute atomic E-state index is 0.0894. The average molecular weight is 204 g/mol. The molecule has 78 valence electrons. The van der Waals surface area contributed by atoms with E-state index >= 15 is 0 Å². The van der Waals surface area contributed by atoms with Gasteiger partial charge >= 0.3 is 0 Å². The molecule has 0 N–H and O–H groups in total. The Morgan fingerprint density at radius 2 is 2.13 bits per heavy atom. The van der Waals surface area contributed by atoms with Crippen LogP contribution in [0.1, 0.15) is 5.56 Å². The Morgan fingerprint density at radius 3 is 2.87 bits per heavy atom. The Balaban J connectivity index is 2.01. The van der Waals surface area contributed by atoms with Crippen LogP contribution in [0.5, 0.6) is 0 Å². The normalized spacial score (nSPS) is 17.3. The van der Waals surface area contributed by atoms with Crippen LogP contribution in [-0.4, -0.2) is 36.9 Å². The third-order valence-corrected chi connectivity index (χ3v) is 2.11. The molecule has 1 aliphatic rings. The molecule has 1 aromatic rings. The van der Waals surface area contributed by atoms with Crippen LogP contribution >= 0.6 is 0 Å². The third-order valence-electron chi connectivity index (χ3n) is 2.11. The molecule has 0 radical (unpaired) electrons. The second-order valence-electron chi connectivity index (χ2n) is 3.22. The van der Waals surface area contributed by atoms with Crippen molar-refractivity contribution in [1.29, 1.82) is 0 Å². The maximum atomic E-state index is 11.3. The topological polar surface area (TPSA) is 41.9 Å². The summed E-state index contributed by atoms with van der Waals surface area (Å²) in [6.45, 7) is 1.21. The zero-order valence-corrected chi connectivity index (χ0v) is 8.30. The molecule has 0 unspecified atom stereocenters. The number of morpholine rings is 1. The Kier molecular flexibility index (Phi) is 3.09. The summed E-state index contributed by atoms with van der Waals surface area (Å²) < 4.78 is 5.00. The van der Waals surface area contributed by atoms with Crippen LogP contribution in [0.15, 0.2) is 35.4 Å². The van der Waals surface area contributed by atoms with E-state index in [1.807, 2.05) is 30.3 Å². The number of ether oxygens (including phenoxy) is 1. The molecule has 0 atom stereocenters. The highest BCUT2D eigenvalue weighted by Crippen LogP contribution is 2.00. The maximum absolute atomic E-state index is 11.3. The van der Waals surface area contributed by atoms with E-state index in [1.54, 1.807) is 6.21 Å². The van der Waals surface area contributed by atoms with Crippen molar-refractivity contribution in [2.45, 2.75) is 0 Å². The van der Waals surface area contributed by atoms with Crippen LogP contribution in [-0.2, 0) is 9.53 Å². The SMILES string of the molecule is O=C1COCCN1/N=C/c1ccccc1. The molecule has 1 aromatic carbocycles. The fraction of sp³-hybridized carbons (Fsp3) is 0.273. The number of hydrazone groups is 1. The predicted molar refractivity (Wildman–Crippen MR) is 56.6 cm³/mol. The fourth-order valence-corrected chi connectivity index (χ4v) is 1.31. The molecule has 15 heavy (non-hydrogen) atoms. The lowest BCUT2D eigenvalue weighted by atomic mass is 10.2. The van der Waals surface area contributed by atoms with E-state index < -0.39 is 0 Å². The number of hydrogen-bond acceptors (Lipinski definition) is 3. The minimum atomic E-state index is -0.0894. The zero-order chi connectivity index (χ0) is 10.5. The van der Waals surface area contributed by atoms with Crippen molar-refractivity contribution in [1.82, 2.24) is 5.01 Å². The maximum Gasteiger partial charge on any atom is 0.268 e. The number of hydrogen-bond donors (Lipinski definition) is 0. The molecule has 1 saturated heterocycles. The van der Waals surface area contributed by atoms with Crippen molar-refractivity contribution in [2.75, 3.05) is 19.8 Å². The van der Waals surface area contributed by atoms with E-state index in [9.17, 15) is 4.79 Å². The number of carbonyl (C=O) groups is 1. The van der Waals surface area contributed by atoms with E-state index in [4.69, 9.17) is 4.74 Å². The van der Waals surface area contributed by atoms with E-state index in [1.165, 1.54) is 5.01 Å². The number of rotatable bonds is 2. The molecular formula is C11H12N2O2. The van der Waals surface area contributed by atoms with Crippen LogP contribution in [0, 0.1) is 0 Å². The molecule has 1 amide bonds. The Labute approximate surface area is 88.2 Å². The standard InChI is InChI=1S/C11H12N2O2/c14-11-9-15-7-6-13(11)12-8-10-4-2-1-3-5-10/h1-5,8H,6-7,9H2/b12-8+. The van der Waals surface area contributed by atoms with E-state index in [2.05, 4.69) is 5.10 Å². The van der Waals surface area contributed by atoms with Gasteiger partial charge in [0, 0.05) is 0 Å². The summed E-state index contributed by atoms with van der Waals surface area (Å²) in [5.41, 5.74) is 0.983. The predicted octanol–water partition coefficient (Wildman–Crippen LogP) is 0.879. The molecule has 0 spiro atoms. The minimum Gasteiger partial charge on any atom is -0.370 e. The summed E-state index contributed by atoms with van der Waals surface area (Å²) in [4.78, 5) is 11.3. The first-order valence-electron chi connectivity index (χ1n) is 4.83. The van der Waals surface area contributed by atoms with Crippen molar-refractivity contribution >= 4 is 12.1 Å². The molecule has 2 rings (SSSR count). The van der Waals surface area contributed by atoms with Crippen molar-refractivity contribution in [2.24, 2.45) is 5.10 Å². The summed E-state index contributed by atoms with van der Waals surface area (Å²) in [6, 6.07) is 9.69. The summed E-state index contributed by atoms with van der Waals surface area (Å²) >= 11 is 0. The average Bonchev–Trinajstić information content (AvgIpc) is 2.29. The molecule has 1 aliphatic heterocycles. The number of amides is 1. The van der Waals surface area contributed by atoms with Crippen molar-refractivity contribution in [3.63, 3.8) is 0 Å². The van der Waals surface area contributed by atoms with E-state index in [0.29, 0.717) is 13.2 Å². The van der Waals surface area contributed by atoms with Gasteiger partial charge in [-0.05, 0) is 5.56 Å². The van der Waals surface area contributed by atoms with Gasteiger partial charge in [-0.1, -0.05) is 30.3 Å². The first-order chi connectivity index (χ1) is 7.36. The highest BCUT2D eigenvalue weighted by molar-refractivity contribution is 5.83. The highest BCUT2D eigenvalue weighted by atomic mass is 16.5. The van der Waals surface area contributed by atoms with Gasteiger partial charge in [0.2, 0.25) is 0 Å². The molecule has 1 heterocycles. The van der Waals surface area contributed by atoms with Gasteiger partial charge in [-0.15, -0.1) is 0 Å². The number of benzene rings is 1. The van der Waals surface area contributed by atoms with Crippen molar-refractivity contribution < 1.29 is 9.53 Å². The van der Waals surface area contributed by atoms with Gasteiger partial charge in [-0.2, -0.15) is 5.10 Å². The highest BCUT2D eigenvalue weighted by Gasteiger charge is 2.16. The summed E-state index contributed by atoms with van der Waals surface area (Å²) in [6.07, 6.45) is 1.68. The van der Waals surface area contributed by atoms with Gasteiger partial charge in [0.05, 0.1) is 19.4 Å². The van der Waals surface area contributed by atoms with Crippen molar-refractivity contribution in [3.05, 3.63) is 35.9 Å². The molecule has 0 bridgehead atoms. The molecule has 4 heteroatoms. The van der Waals surface area contributed by atoms with Gasteiger partial charge in [0.15, 0.2) is 0 Å². The monoisotopic (exact) mass is 204 g/mol. The molecule has 4 nitrogen and oxygen atoms in total. The largest absolute Gasteiger partial charge is 0.370 e. The van der Waals surface area contributed by atoms with Crippen molar-refractivity contribution in [3.8, 4) is 0 Å². The first-order valence-corrected chi connectivity index (χ1v) is 4.83. The second kappa shape index (κ2) is 4.70. The van der Waals surface area contributed by atoms with Crippen LogP contribution in [0.2, 0.25) is 0 Å². The smallest absolute Gasteiger partial charge is 0.268 e. The molecule has 0 aromatic heterocycles. The van der Waals surface area contributed by atoms with Gasteiger partial charge < -0.3 is 4.74 Å².